The molecule has 4 heteroatoms. The number of allylic oxidation sites excluding steroid dienone is 2. The van der Waals surface area contributed by atoms with Crippen molar-refractivity contribution in [2.75, 3.05) is 6.67 Å². The summed E-state index contributed by atoms with van der Waals surface area (Å²) in [5.41, 5.74) is 2.35. The molecule has 1 heterocycles. The van der Waals surface area contributed by atoms with Crippen LogP contribution in [0.4, 0.5) is 0 Å². The minimum atomic E-state index is -0.169. The number of carbonyl (C=O) groups excluding carboxylic acids is 2. The number of imide groups is 1. The number of fused-ring (bicyclic) bond motifs is 1. The number of amides is 2. The number of hydrogen-bond acceptors (Lipinski definition) is 3. The summed E-state index contributed by atoms with van der Waals surface area (Å²) in [7, 11) is 0. The molecule has 138 valence electrons. The van der Waals surface area contributed by atoms with Gasteiger partial charge in [-0.25, -0.2) is 0 Å². The first kappa shape index (κ1) is 17.7. The Kier molecular flexibility index (Phi) is 5.16. The molecule has 0 bridgehead atoms. The van der Waals surface area contributed by atoms with Crippen molar-refractivity contribution >= 4 is 11.8 Å². The molecular weight excluding hydrogens is 336 g/mol. The fourth-order valence-electron chi connectivity index (χ4n) is 4.05. The van der Waals surface area contributed by atoms with Gasteiger partial charge >= 0.3 is 0 Å². The molecule has 4 nitrogen and oxygen atoms in total. The Hall–Kier alpha value is -2.72. The average Bonchev–Trinajstić information content (AvgIpc) is 2.95. The van der Waals surface area contributed by atoms with Crippen LogP contribution in [0, 0.1) is 11.8 Å². The van der Waals surface area contributed by atoms with Crippen molar-refractivity contribution < 1.29 is 9.59 Å². The Morgan fingerprint density at radius 2 is 1.19 bits per heavy atom. The molecule has 0 N–H and O–H groups in total. The number of likely N-dealkylation sites (tertiary alicyclic amines) is 1. The summed E-state index contributed by atoms with van der Waals surface area (Å²) in [4.78, 5) is 29.3. The highest BCUT2D eigenvalue weighted by Gasteiger charge is 2.47. The molecule has 2 aromatic carbocycles. The van der Waals surface area contributed by atoms with Gasteiger partial charge in [-0.2, -0.15) is 0 Å². The SMILES string of the molecule is O=C1C2CC=CCC2C(=O)N1CN(Cc1ccccc1)Cc1ccccc1. The van der Waals surface area contributed by atoms with Gasteiger partial charge in [-0.15, -0.1) is 0 Å². The molecule has 27 heavy (non-hydrogen) atoms. The van der Waals surface area contributed by atoms with Crippen LogP contribution in [0.2, 0.25) is 0 Å². The van der Waals surface area contributed by atoms with Crippen molar-refractivity contribution in [1.29, 1.82) is 0 Å². The van der Waals surface area contributed by atoms with Crippen molar-refractivity contribution in [2.45, 2.75) is 25.9 Å². The van der Waals surface area contributed by atoms with E-state index in [1.54, 1.807) is 0 Å². The highest BCUT2D eigenvalue weighted by atomic mass is 16.2. The lowest BCUT2D eigenvalue weighted by Crippen LogP contribution is -2.41. The average molecular weight is 360 g/mol. The van der Waals surface area contributed by atoms with Crippen LogP contribution in [0.25, 0.3) is 0 Å². The Balaban J connectivity index is 1.53. The number of hydrogen-bond donors (Lipinski definition) is 0. The maximum atomic E-state index is 12.8. The van der Waals surface area contributed by atoms with Crippen LogP contribution in [-0.2, 0) is 22.7 Å². The first-order valence-corrected chi connectivity index (χ1v) is 9.53. The molecule has 2 unspecified atom stereocenters. The van der Waals surface area contributed by atoms with Crippen LogP contribution in [0.3, 0.4) is 0 Å². The first-order chi connectivity index (χ1) is 13.2. The zero-order valence-corrected chi connectivity index (χ0v) is 15.3. The van der Waals surface area contributed by atoms with Crippen molar-refractivity contribution in [3.63, 3.8) is 0 Å². The summed E-state index contributed by atoms with van der Waals surface area (Å²) >= 11 is 0. The van der Waals surface area contributed by atoms with E-state index in [0.29, 0.717) is 32.6 Å². The summed E-state index contributed by atoms with van der Waals surface area (Å²) in [6.45, 7) is 1.73. The van der Waals surface area contributed by atoms with E-state index in [2.05, 4.69) is 29.2 Å². The van der Waals surface area contributed by atoms with Crippen molar-refractivity contribution in [1.82, 2.24) is 9.80 Å². The third kappa shape index (κ3) is 3.86. The van der Waals surface area contributed by atoms with Crippen LogP contribution in [0.5, 0.6) is 0 Å². The molecule has 2 aliphatic rings. The molecular formula is C23H24N2O2. The normalized spacial score (nSPS) is 21.7. The van der Waals surface area contributed by atoms with E-state index in [0.717, 1.165) is 0 Å². The second kappa shape index (κ2) is 7.89. The summed E-state index contributed by atoms with van der Waals surface area (Å²) < 4.78 is 0. The summed E-state index contributed by atoms with van der Waals surface area (Å²) in [5, 5.41) is 0. The van der Waals surface area contributed by atoms with Crippen LogP contribution in [-0.4, -0.2) is 28.3 Å². The minimum Gasteiger partial charge on any atom is -0.277 e. The van der Waals surface area contributed by atoms with Crippen LogP contribution < -0.4 is 0 Å². The van der Waals surface area contributed by atoms with Crippen molar-refractivity contribution in [2.24, 2.45) is 11.8 Å². The molecule has 0 saturated carbocycles. The second-order valence-corrected chi connectivity index (χ2v) is 7.36. The molecule has 0 radical (unpaired) electrons. The highest BCUT2D eigenvalue weighted by molar-refractivity contribution is 6.05. The smallest absolute Gasteiger partial charge is 0.234 e. The molecule has 1 aliphatic heterocycles. The maximum absolute atomic E-state index is 12.8. The third-order valence-corrected chi connectivity index (χ3v) is 5.44. The van der Waals surface area contributed by atoms with Gasteiger partial charge in [0.25, 0.3) is 0 Å². The minimum absolute atomic E-state index is 0.0135. The van der Waals surface area contributed by atoms with Gasteiger partial charge in [-0.1, -0.05) is 72.8 Å². The topological polar surface area (TPSA) is 40.6 Å². The molecule has 0 aromatic heterocycles. The molecule has 2 aromatic rings. The lowest BCUT2D eigenvalue weighted by molar-refractivity contribution is -0.142. The maximum Gasteiger partial charge on any atom is 0.234 e. The van der Waals surface area contributed by atoms with Crippen LogP contribution >= 0.6 is 0 Å². The molecule has 1 fully saturated rings. The van der Waals surface area contributed by atoms with Gasteiger partial charge in [-0.3, -0.25) is 19.4 Å². The number of nitrogens with zero attached hydrogens (tertiary/aromatic N) is 2. The Morgan fingerprint density at radius 3 is 1.63 bits per heavy atom. The van der Waals surface area contributed by atoms with Crippen molar-refractivity contribution in [3.05, 3.63) is 83.9 Å². The van der Waals surface area contributed by atoms with Gasteiger partial charge in [0.05, 0.1) is 18.5 Å². The van der Waals surface area contributed by atoms with E-state index < -0.39 is 0 Å². The number of benzene rings is 2. The second-order valence-electron chi connectivity index (χ2n) is 7.36. The summed E-state index contributed by atoms with van der Waals surface area (Å²) in [6, 6.07) is 20.4. The fourth-order valence-corrected chi connectivity index (χ4v) is 4.05. The first-order valence-electron chi connectivity index (χ1n) is 9.53. The molecule has 2 atom stereocenters. The Morgan fingerprint density at radius 1 is 0.741 bits per heavy atom. The van der Waals surface area contributed by atoms with Gasteiger partial charge in [0, 0.05) is 13.1 Å². The van der Waals surface area contributed by atoms with Gasteiger partial charge in [0.1, 0.15) is 0 Å². The monoisotopic (exact) mass is 360 g/mol. The Labute approximate surface area is 160 Å². The van der Waals surface area contributed by atoms with E-state index in [4.69, 9.17) is 0 Å². The van der Waals surface area contributed by atoms with Gasteiger partial charge in [-0.05, 0) is 24.0 Å². The zero-order valence-electron chi connectivity index (χ0n) is 15.3. The fraction of sp³-hybridized carbons (Fsp3) is 0.304. The lowest BCUT2D eigenvalue weighted by Gasteiger charge is -2.27. The largest absolute Gasteiger partial charge is 0.277 e. The van der Waals surface area contributed by atoms with Crippen LogP contribution in [0.15, 0.2) is 72.8 Å². The summed E-state index contributed by atoms with van der Waals surface area (Å²) in [6.07, 6.45) is 5.43. The van der Waals surface area contributed by atoms with E-state index >= 15 is 0 Å². The standard InChI is InChI=1S/C23H24N2O2/c26-22-20-13-7-8-14-21(20)23(27)25(22)17-24(15-18-9-3-1-4-10-18)16-19-11-5-2-6-12-19/h1-12,20-21H,13-17H2. The predicted octanol–water partition coefficient (Wildman–Crippen LogP) is 3.60. The molecule has 1 aliphatic carbocycles. The predicted molar refractivity (Wildman–Crippen MR) is 104 cm³/mol. The van der Waals surface area contributed by atoms with E-state index in [-0.39, 0.29) is 23.7 Å². The summed E-state index contributed by atoms with van der Waals surface area (Å²) in [5.74, 6) is -0.364. The molecule has 2 amide bonds. The van der Waals surface area contributed by atoms with Gasteiger partial charge in [0.15, 0.2) is 0 Å². The molecule has 0 spiro atoms. The lowest BCUT2D eigenvalue weighted by atomic mass is 9.85. The van der Waals surface area contributed by atoms with Gasteiger partial charge in [0.2, 0.25) is 11.8 Å². The van der Waals surface area contributed by atoms with E-state index in [1.165, 1.54) is 16.0 Å². The van der Waals surface area contributed by atoms with E-state index in [1.807, 2.05) is 48.6 Å². The quantitative estimate of drug-likeness (QED) is 0.584. The van der Waals surface area contributed by atoms with Crippen molar-refractivity contribution in [3.8, 4) is 0 Å². The van der Waals surface area contributed by atoms with E-state index in [9.17, 15) is 9.59 Å². The number of carbonyl (C=O) groups is 2. The highest BCUT2D eigenvalue weighted by Crippen LogP contribution is 2.35. The third-order valence-electron chi connectivity index (χ3n) is 5.44. The molecule has 4 rings (SSSR count). The number of rotatable bonds is 6. The van der Waals surface area contributed by atoms with Gasteiger partial charge < -0.3 is 0 Å². The Bertz CT molecular complexity index is 764. The molecule has 1 saturated heterocycles. The zero-order chi connectivity index (χ0) is 18.6. The van der Waals surface area contributed by atoms with Crippen LogP contribution in [0.1, 0.15) is 24.0 Å².